The minimum atomic E-state index is -1.77. The number of benzene rings is 1. The summed E-state index contributed by atoms with van der Waals surface area (Å²) in [6.45, 7) is 0. The molecule has 1 aliphatic carbocycles. The van der Waals surface area contributed by atoms with Crippen LogP contribution in [-0.4, -0.2) is 27.7 Å². The van der Waals surface area contributed by atoms with E-state index in [4.69, 9.17) is 17.3 Å². The highest BCUT2D eigenvalue weighted by Gasteiger charge is 2.52. The molecular weight excluding hydrogens is 306 g/mol. The van der Waals surface area contributed by atoms with Gasteiger partial charge in [-0.05, 0) is 37.5 Å². The molecule has 0 aromatic heterocycles. The number of aliphatic carboxylic acids is 1. The highest BCUT2D eigenvalue weighted by Crippen LogP contribution is 2.41. The van der Waals surface area contributed by atoms with E-state index in [9.17, 15) is 19.8 Å². The van der Waals surface area contributed by atoms with Crippen LogP contribution >= 0.6 is 11.6 Å². The summed E-state index contributed by atoms with van der Waals surface area (Å²) in [5, 5.41) is 20.4. The van der Waals surface area contributed by atoms with E-state index >= 15 is 0 Å². The van der Waals surface area contributed by atoms with Crippen LogP contribution in [-0.2, 0) is 9.59 Å². The number of carboxylic acids is 1. The van der Waals surface area contributed by atoms with Gasteiger partial charge in [-0.25, -0.2) is 0 Å². The molecule has 0 heterocycles. The molecule has 0 spiro atoms. The fraction of sp³-hybridized carbons (Fsp3) is 0.375. The van der Waals surface area contributed by atoms with E-state index in [0.29, 0.717) is 23.4 Å². The molecule has 5 nitrogen and oxygen atoms in total. The summed E-state index contributed by atoms with van der Waals surface area (Å²) >= 11 is 5.86. The van der Waals surface area contributed by atoms with Gasteiger partial charge < -0.3 is 15.9 Å². The first-order valence-electron chi connectivity index (χ1n) is 6.82. The van der Waals surface area contributed by atoms with Crippen molar-refractivity contribution in [1.82, 2.24) is 0 Å². The lowest BCUT2D eigenvalue weighted by atomic mass is 9.67. The lowest BCUT2D eigenvalue weighted by Gasteiger charge is -2.38. The maximum atomic E-state index is 11.6. The molecule has 2 atom stereocenters. The number of hydrogen-bond acceptors (Lipinski definition) is 3. The monoisotopic (exact) mass is 321 g/mol. The third-order valence-corrected chi connectivity index (χ3v) is 4.17. The van der Waals surface area contributed by atoms with Crippen LogP contribution in [0.25, 0.3) is 0 Å². The molecule has 1 saturated carbocycles. The first-order chi connectivity index (χ1) is 10.3. The number of amides is 1. The number of carbonyl (C=O) groups is 2. The second-order valence-electron chi connectivity index (χ2n) is 5.57. The number of carboxylic acid groups (broad SMARTS) is 1. The maximum Gasteiger partial charge on any atom is 0.319 e. The molecule has 0 radical (unpaired) electrons. The van der Waals surface area contributed by atoms with E-state index in [-0.39, 0.29) is 12.8 Å². The van der Waals surface area contributed by atoms with Crippen LogP contribution in [0.4, 0.5) is 0 Å². The van der Waals surface area contributed by atoms with E-state index in [0.717, 1.165) is 0 Å². The average Bonchev–Trinajstić information content (AvgIpc) is 2.45. The standard InChI is InChI=1S/C16H16ClNO4/c17-12-4-1-3-11(9-12)5-8-15(22)6-2-7-16(10-15,13(18)19)14(20)21/h1,3-4,9,22H,2,6-7,10H2,(H2,18,19)(H,20,21)/t15-,16+/m0/s1. The molecule has 116 valence electrons. The third kappa shape index (κ3) is 3.24. The van der Waals surface area contributed by atoms with Crippen molar-refractivity contribution in [3.05, 3.63) is 34.9 Å². The Morgan fingerprint density at radius 1 is 1.32 bits per heavy atom. The number of rotatable bonds is 2. The molecule has 0 bridgehead atoms. The summed E-state index contributed by atoms with van der Waals surface area (Å²) < 4.78 is 0. The van der Waals surface area contributed by atoms with Crippen molar-refractivity contribution in [2.75, 3.05) is 0 Å². The Morgan fingerprint density at radius 3 is 2.64 bits per heavy atom. The van der Waals surface area contributed by atoms with E-state index in [1.165, 1.54) is 0 Å². The van der Waals surface area contributed by atoms with Crippen molar-refractivity contribution in [3.8, 4) is 11.8 Å². The van der Waals surface area contributed by atoms with Gasteiger partial charge in [-0.1, -0.05) is 29.5 Å². The lowest BCUT2D eigenvalue weighted by Crippen LogP contribution is -2.52. The number of carbonyl (C=O) groups excluding carboxylic acids is 1. The van der Waals surface area contributed by atoms with Crippen LogP contribution in [0.15, 0.2) is 24.3 Å². The number of aliphatic hydroxyl groups is 1. The van der Waals surface area contributed by atoms with Gasteiger partial charge in [-0.3, -0.25) is 9.59 Å². The SMILES string of the molecule is NC(=O)[C@@]1(C(=O)O)CCC[C@](O)(C#Cc2cccc(Cl)c2)C1. The number of primary amides is 1. The van der Waals surface area contributed by atoms with Gasteiger partial charge in [0.05, 0.1) is 0 Å². The Morgan fingerprint density at radius 2 is 2.05 bits per heavy atom. The summed E-state index contributed by atoms with van der Waals surface area (Å²) in [6, 6.07) is 6.79. The molecule has 0 aliphatic heterocycles. The Bertz CT molecular complexity index is 662. The molecule has 0 unspecified atom stereocenters. The van der Waals surface area contributed by atoms with Gasteiger partial charge in [0.25, 0.3) is 0 Å². The van der Waals surface area contributed by atoms with E-state index in [2.05, 4.69) is 11.8 Å². The second-order valence-corrected chi connectivity index (χ2v) is 6.01. The molecule has 2 rings (SSSR count). The van der Waals surface area contributed by atoms with Crippen molar-refractivity contribution in [2.45, 2.75) is 31.3 Å². The first kappa shape index (κ1) is 16.3. The number of halogens is 1. The zero-order valence-corrected chi connectivity index (χ0v) is 12.6. The van der Waals surface area contributed by atoms with Crippen LogP contribution in [0, 0.1) is 17.3 Å². The van der Waals surface area contributed by atoms with Crippen molar-refractivity contribution in [1.29, 1.82) is 0 Å². The molecular formula is C16H16ClNO4. The van der Waals surface area contributed by atoms with Crippen molar-refractivity contribution >= 4 is 23.5 Å². The van der Waals surface area contributed by atoms with Gasteiger partial charge in [0.1, 0.15) is 11.0 Å². The van der Waals surface area contributed by atoms with Crippen LogP contribution in [0.5, 0.6) is 0 Å². The Labute approximate surface area is 133 Å². The van der Waals surface area contributed by atoms with Crippen molar-refractivity contribution < 1.29 is 19.8 Å². The summed E-state index contributed by atoms with van der Waals surface area (Å²) in [5.41, 5.74) is 2.53. The smallest absolute Gasteiger partial charge is 0.319 e. The van der Waals surface area contributed by atoms with E-state index < -0.39 is 22.9 Å². The van der Waals surface area contributed by atoms with Crippen molar-refractivity contribution in [3.63, 3.8) is 0 Å². The molecule has 6 heteroatoms. The molecule has 1 aromatic carbocycles. The Kier molecular flexibility index (Phi) is 4.45. The highest BCUT2D eigenvalue weighted by molar-refractivity contribution is 6.30. The quantitative estimate of drug-likeness (QED) is 0.568. The van der Waals surface area contributed by atoms with Crippen LogP contribution < -0.4 is 5.73 Å². The highest BCUT2D eigenvalue weighted by atomic mass is 35.5. The second kappa shape index (κ2) is 5.99. The van der Waals surface area contributed by atoms with Crippen molar-refractivity contribution in [2.24, 2.45) is 11.1 Å². The summed E-state index contributed by atoms with van der Waals surface area (Å²) in [7, 11) is 0. The summed E-state index contributed by atoms with van der Waals surface area (Å²) in [5.74, 6) is 3.20. The number of hydrogen-bond donors (Lipinski definition) is 3. The molecule has 1 aromatic rings. The zero-order chi connectivity index (χ0) is 16.4. The Balaban J connectivity index is 2.31. The van der Waals surface area contributed by atoms with Crippen LogP contribution in [0.1, 0.15) is 31.2 Å². The predicted molar refractivity (Wildman–Crippen MR) is 81.0 cm³/mol. The summed E-state index contributed by atoms with van der Waals surface area (Å²) in [6.07, 6.45) is 0.454. The van der Waals surface area contributed by atoms with Gasteiger partial charge in [0, 0.05) is 17.0 Å². The van der Waals surface area contributed by atoms with Gasteiger partial charge in [0.2, 0.25) is 5.91 Å². The van der Waals surface area contributed by atoms with Crippen LogP contribution in [0.3, 0.4) is 0 Å². The average molecular weight is 322 g/mol. The van der Waals surface area contributed by atoms with Gasteiger partial charge in [-0.2, -0.15) is 0 Å². The zero-order valence-electron chi connectivity index (χ0n) is 11.8. The normalized spacial score (nSPS) is 27.5. The minimum absolute atomic E-state index is 0.110. The largest absolute Gasteiger partial charge is 0.480 e. The van der Waals surface area contributed by atoms with Crippen LogP contribution in [0.2, 0.25) is 5.02 Å². The van der Waals surface area contributed by atoms with Gasteiger partial charge in [0.15, 0.2) is 0 Å². The van der Waals surface area contributed by atoms with E-state index in [1.54, 1.807) is 24.3 Å². The van der Waals surface area contributed by atoms with Gasteiger partial charge in [-0.15, -0.1) is 0 Å². The fourth-order valence-corrected chi connectivity index (χ4v) is 2.91. The molecule has 1 fully saturated rings. The first-order valence-corrected chi connectivity index (χ1v) is 7.20. The molecule has 1 amide bonds. The summed E-state index contributed by atoms with van der Waals surface area (Å²) in [4.78, 5) is 23.0. The fourth-order valence-electron chi connectivity index (χ4n) is 2.72. The topological polar surface area (TPSA) is 101 Å². The third-order valence-electron chi connectivity index (χ3n) is 3.93. The molecule has 1 aliphatic rings. The predicted octanol–water partition coefficient (Wildman–Crippen LogP) is 1.55. The minimum Gasteiger partial charge on any atom is -0.480 e. The Hall–Kier alpha value is -2.03. The molecule has 22 heavy (non-hydrogen) atoms. The number of nitrogens with two attached hydrogens (primary N) is 1. The van der Waals surface area contributed by atoms with E-state index in [1.807, 2.05) is 0 Å². The molecule has 4 N–H and O–H groups in total. The maximum absolute atomic E-state index is 11.6. The lowest BCUT2D eigenvalue weighted by molar-refractivity contribution is -0.161. The van der Waals surface area contributed by atoms with Gasteiger partial charge >= 0.3 is 5.97 Å². The molecule has 0 saturated heterocycles.